The van der Waals surface area contributed by atoms with E-state index in [2.05, 4.69) is 10.1 Å². The number of alkyl halides is 3. The molecule has 0 aromatic rings. The fraction of sp³-hybridized carbons (Fsp3) is 0.909. The van der Waals surface area contributed by atoms with Gasteiger partial charge in [0.05, 0.1) is 6.54 Å². The van der Waals surface area contributed by atoms with E-state index < -0.39 is 12.8 Å². The predicted molar refractivity (Wildman–Crippen MR) is 62.3 cm³/mol. The third kappa shape index (κ3) is 9.23. The molecule has 4 nitrogen and oxygen atoms in total. The minimum atomic E-state index is -4.27. The molecule has 0 radical (unpaired) electrons. The Balaban J connectivity index is 3.43. The van der Waals surface area contributed by atoms with Crippen LogP contribution in [-0.4, -0.2) is 56.4 Å². The summed E-state index contributed by atoms with van der Waals surface area (Å²) in [5.41, 5.74) is 0. The zero-order chi connectivity index (χ0) is 14.0. The van der Waals surface area contributed by atoms with Gasteiger partial charge in [0.1, 0.15) is 6.61 Å². The molecular weight excluding hydrogens is 249 g/mol. The van der Waals surface area contributed by atoms with E-state index in [1.165, 1.54) is 0 Å². The lowest BCUT2D eigenvalue weighted by molar-refractivity contribution is -0.173. The first kappa shape index (κ1) is 17.2. The van der Waals surface area contributed by atoms with Gasteiger partial charge >= 0.3 is 6.18 Å². The van der Waals surface area contributed by atoms with Gasteiger partial charge in [-0.2, -0.15) is 13.2 Å². The topological polar surface area (TPSA) is 41.6 Å². The van der Waals surface area contributed by atoms with Crippen molar-refractivity contribution in [3.8, 4) is 0 Å². The van der Waals surface area contributed by atoms with Crippen molar-refractivity contribution in [2.24, 2.45) is 0 Å². The molecule has 0 saturated carbocycles. The van der Waals surface area contributed by atoms with Crippen molar-refractivity contribution in [2.75, 3.05) is 39.4 Å². The predicted octanol–water partition coefficient (Wildman–Crippen LogP) is 1.41. The number of hydrogen-bond acceptors (Lipinski definition) is 3. The zero-order valence-corrected chi connectivity index (χ0v) is 10.8. The van der Waals surface area contributed by atoms with Gasteiger partial charge in [0, 0.05) is 19.7 Å². The van der Waals surface area contributed by atoms with E-state index in [1.807, 2.05) is 13.8 Å². The van der Waals surface area contributed by atoms with Crippen LogP contribution in [-0.2, 0) is 9.53 Å². The molecule has 0 aliphatic heterocycles. The summed E-state index contributed by atoms with van der Waals surface area (Å²) in [6, 6.07) is 0. The highest BCUT2D eigenvalue weighted by Crippen LogP contribution is 2.14. The fourth-order valence-corrected chi connectivity index (χ4v) is 1.37. The van der Waals surface area contributed by atoms with Crippen LogP contribution in [0.15, 0.2) is 0 Å². The number of hydrogen-bond donors (Lipinski definition) is 1. The van der Waals surface area contributed by atoms with E-state index >= 15 is 0 Å². The summed E-state index contributed by atoms with van der Waals surface area (Å²) in [5.74, 6) is -0.00351. The fourth-order valence-electron chi connectivity index (χ4n) is 1.37. The average Bonchev–Trinajstić information content (AvgIpc) is 2.28. The molecule has 0 aliphatic carbocycles. The molecule has 0 spiro atoms. The first-order valence-electron chi connectivity index (χ1n) is 6.03. The maximum atomic E-state index is 11.7. The van der Waals surface area contributed by atoms with Gasteiger partial charge in [-0.1, -0.05) is 0 Å². The smallest absolute Gasteiger partial charge is 0.372 e. The van der Waals surface area contributed by atoms with Gasteiger partial charge in [-0.3, -0.25) is 4.79 Å². The second-order valence-corrected chi connectivity index (χ2v) is 3.76. The standard InChI is InChI=1S/C11H21F3N2O2/c1-3-16(4-2)10(17)8-15-6-5-7-18-9-11(12,13)14/h15H,3-9H2,1-2H3. The van der Waals surface area contributed by atoms with Gasteiger partial charge in [-0.15, -0.1) is 0 Å². The lowest BCUT2D eigenvalue weighted by Crippen LogP contribution is -2.38. The molecule has 18 heavy (non-hydrogen) atoms. The Morgan fingerprint density at radius 2 is 1.89 bits per heavy atom. The summed E-state index contributed by atoms with van der Waals surface area (Å²) in [7, 11) is 0. The van der Waals surface area contributed by atoms with Crippen molar-refractivity contribution >= 4 is 5.91 Å². The minimum absolute atomic E-state index is 0.00351. The summed E-state index contributed by atoms with van der Waals surface area (Å²) >= 11 is 0. The van der Waals surface area contributed by atoms with Crippen LogP contribution in [0.25, 0.3) is 0 Å². The molecule has 1 amide bonds. The van der Waals surface area contributed by atoms with Crippen LogP contribution in [0, 0.1) is 0 Å². The SMILES string of the molecule is CCN(CC)C(=O)CNCCCOCC(F)(F)F. The molecule has 108 valence electrons. The molecule has 0 unspecified atom stereocenters. The number of ether oxygens (including phenoxy) is 1. The Kier molecular flexibility index (Phi) is 8.74. The molecule has 0 aliphatic rings. The van der Waals surface area contributed by atoms with Crippen molar-refractivity contribution in [1.82, 2.24) is 10.2 Å². The van der Waals surface area contributed by atoms with E-state index in [-0.39, 0.29) is 19.1 Å². The highest BCUT2D eigenvalue weighted by atomic mass is 19.4. The van der Waals surface area contributed by atoms with E-state index in [4.69, 9.17) is 0 Å². The van der Waals surface area contributed by atoms with Crippen molar-refractivity contribution in [1.29, 1.82) is 0 Å². The summed E-state index contributed by atoms with van der Waals surface area (Å²) in [6.07, 6.45) is -3.83. The van der Waals surface area contributed by atoms with Crippen LogP contribution in [0.3, 0.4) is 0 Å². The quantitative estimate of drug-likeness (QED) is 0.644. The Labute approximate surface area is 105 Å². The van der Waals surface area contributed by atoms with E-state index in [0.717, 1.165) is 0 Å². The summed E-state index contributed by atoms with van der Waals surface area (Å²) < 4.78 is 39.6. The number of amides is 1. The highest BCUT2D eigenvalue weighted by Gasteiger charge is 2.27. The van der Waals surface area contributed by atoms with Crippen LogP contribution in [0.2, 0.25) is 0 Å². The van der Waals surface area contributed by atoms with Crippen LogP contribution in [0.1, 0.15) is 20.3 Å². The molecule has 0 rings (SSSR count). The molecule has 0 atom stereocenters. The van der Waals surface area contributed by atoms with Crippen LogP contribution in [0.5, 0.6) is 0 Å². The largest absolute Gasteiger partial charge is 0.411 e. The van der Waals surface area contributed by atoms with Gasteiger partial charge in [0.2, 0.25) is 5.91 Å². The van der Waals surface area contributed by atoms with Gasteiger partial charge in [0.25, 0.3) is 0 Å². The molecule has 1 N–H and O–H groups in total. The van der Waals surface area contributed by atoms with E-state index in [1.54, 1.807) is 4.90 Å². The number of nitrogens with one attached hydrogen (secondary N) is 1. The minimum Gasteiger partial charge on any atom is -0.372 e. The Morgan fingerprint density at radius 3 is 2.39 bits per heavy atom. The summed E-state index contributed by atoms with van der Waals surface area (Å²) in [6.45, 7) is 4.60. The number of rotatable bonds is 9. The van der Waals surface area contributed by atoms with E-state index in [0.29, 0.717) is 26.1 Å². The highest BCUT2D eigenvalue weighted by molar-refractivity contribution is 5.78. The third-order valence-electron chi connectivity index (χ3n) is 2.30. The number of halogens is 3. The van der Waals surface area contributed by atoms with Crippen molar-refractivity contribution in [3.63, 3.8) is 0 Å². The number of likely N-dealkylation sites (N-methyl/N-ethyl adjacent to an activating group) is 1. The van der Waals surface area contributed by atoms with Crippen molar-refractivity contribution < 1.29 is 22.7 Å². The number of nitrogens with zero attached hydrogens (tertiary/aromatic N) is 1. The number of carbonyl (C=O) groups is 1. The van der Waals surface area contributed by atoms with Crippen LogP contribution >= 0.6 is 0 Å². The van der Waals surface area contributed by atoms with Crippen molar-refractivity contribution in [2.45, 2.75) is 26.4 Å². The maximum absolute atomic E-state index is 11.7. The van der Waals surface area contributed by atoms with Gasteiger partial charge in [-0.05, 0) is 26.8 Å². The average molecular weight is 270 g/mol. The van der Waals surface area contributed by atoms with Crippen molar-refractivity contribution in [3.05, 3.63) is 0 Å². The van der Waals surface area contributed by atoms with E-state index in [9.17, 15) is 18.0 Å². The van der Waals surface area contributed by atoms with Gasteiger partial charge in [0.15, 0.2) is 0 Å². The third-order valence-corrected chi connectivity index (χ3v) is 2.30. The molecular formula is C11H21F3N2O2. The molecule has 0 bridgehead atoms. The second kappa shape index (κ2) is 9.16. The van der Waals surface area contributed by atoms with Crippen LogP contribution < -0.4 is 5.32 Å². The molecule has 7 heteroatoms. The Morgan fingerprint density at radius 1 is 1.28 bits per heavy atom. The molecule has 0 aromatic heterocycles. The summed E-state index contributed by atoms with van der Waals surface area (Å²) in [5, 5.41) is 2.88. The molecule has 0 aromatic carbocycles. The Bertz CT molecular complexity index is 231. The lowest BCUT2D eigenvalue weighted by atomic mass is 10.4. The molecule has 0 heterocycles. The normalized spacial score (nSPS) is 11.6. The maximum Gasteiger partial charge on any atom is 0.411 e. The second-order valence-electron chi connectivity index (χ2n) is 3.76. The lowest BCUT2D eigenvalue weighted by Gasteiger charge is -2.18. The van der Waals surface area contributed by atoms with Crippen LogP contribution in [0.4, 0.5) is 13.2 Å². The number of carbonyl (C=O) groups excluding carboxylic acids is 1. The Hall–Kier alpha value is -0.820. The van der Waals surface area contributed by atoms with Gasteiger partial charge < -0.3 is 15.0 Å². The van der Waals surface area contributed by atoms with Gasteiger partial charge in [-0.25, -0.2) is 0 Å². The first-order valence-corrected chi connectivity index (χ1v) is 6.03. The molecule has 0 fully saturated rings. The first-order chi connectivity index (χ1) is 8.40. The zero-order valence-electron chi connectivity index (χ0n) is 10.8. The monoisotopic (exact) mass is 270 g/mol. The summed E-state index contributed by atoms with van der Waals surface area (Å²) in [4.78, 5) is 13.2. The molecule has 0 saturated heterocycles.